The summed E-state index contributed by atoms with van der Waals surface area (Å²) in [6.45, 7) is 10.7. The lowest BCUT2D eigenvalue weighted by atomic mass is 10.0. The number of nitrogens with zero attached hydrogens (tertiary/aromatic N) is 2. The van der Waals surface area contributed by atoms with Crippen molar-refractivity contribution in [3.05, 3.63) is 29.8 Å². The van der Waals surface area contributed by atoms with Gasteiger partial charge in [-0.05, 0) is 49.4 Å². The van der Waals surface area contributed by atoms with Crippen molar-refractivity contribution in [2.75, 3.05) is 24.5 Å². The monoisotopic (exact) mass is 272 g/mol. The average molecular weight is 272 g/mol. The fourth-order valence-corrected chi connectivity index (χ4v) is 3.80. The first-order valence-electron chi connectivity index (χ1n) is 8.29. The Hall–Kier alpha value is -1.02. The van der Waals surface area contributed by atoms with Crippen molar-refractivity contribution in [2.24, 2.45) is 0 Å². The van der Waals surface area contributed by atoms with Crippen LogP contribution in [0.5, 0.6) is 0 Å². The minimum Gasteiger partial charge on any atom is -0.366 e. The fraction of sp³-hybridized carbons (Fsp3) is 0.667. The fourth-order valence-electron chi connectivity index (χ4n) is 3.80. The maximum absolute atomic E-state index is 2.72. The molecule has 0 spiro atoms. The summed E-state index contributed by atoms with van der Waals surface area (Å²) in [5.41, 5.74) is 2.87. The SMILES string of the molecule is CCC1CN2CCCC2CN1c1ccc(C(C)C)cc1. The minimum atomic E-state index is 0.623. The van der Waals surface area contributed by atoms with Crippen LogP contribution in [-0.4, -0.2) is 36.6 Å². The molecule has 0 aliphatic carbocycles. The van der Waals surface area contributed by atoms with Crippen molar-refractivity contribution < 1.29 is 0 Å². The largest absolute Gasteiger partial charge is 0.366 e. The summed E-state index contributed by atoms with van der Waals surface area (Å²) >= 11 is 0. The molecule has 2 nitrogen and oxygen atoms in total. The predicted molar refractivity (Wildman–Crippen MR) is 86.6 cm³/mol. The van der Waals surface area contributed by atoms with Crippen LogP contribution in [0, 0.1) is 0 Å². The van der Waals surface area contributed by atoms with Gasteiger partial charge in [-0.15, -0.1) is 0 Å². The molecule has 1 aromatic rings. The second-order valence-corrected chi connectivity index (χ2v) is 6.75. The van der Waals surface area contributed by atoms with E-state index >= 15 is 0 Å². The number of rotatable bonds is 3. The van der Waals surface area contributed by atoms with Crippen LogP contribution in [0.4, 0.5) is 5.69 Å². The molecule has 2 heterocycles. The Labute approximate surface area is 123 Å². The van der Waals surface area contributed by atoms with Gasteiger partial charge in [-0.1, -0.05) is 32.9 Å². The molecule has 2 aliphatic rings. The van der Waals surface area contributed by atoms with E-state index in [1.807, 2.05) is 0 Å². The zero-order chi connectivity index (χ0) is 14.1. The van der Waals surface area contributed by atoms with Crippen molar-refractivity contribution in [1.82, 2.24) is 4.90 Å². The van der Waals surface area contributed by atoms with Gasteiger partial charge in [0.1, 0.15) is 0 Å². The number of hydrogen-bond acceptors (Lipinski definition) is 2. The maximum Gasteiger partial charge on any atom is 0.0415 e. The highest BCUT2D eigenvalue weighted by atomic mass is 15.3. The Morgan fingerprint density at radius 1 is 1.15 bits per heavy atom. The van der Waals surface area contributed by atoms with Crippen LogP contribution < -0.4 is 4.90 Å². The minimum absolute atomic E-state index is 0.623. The second-order valence-electron chi connectivity index (χ2n) is 6.75. The lowest BCUT2D eigenvalue weighted by Crippen LogP contribution is -2.56. The number of fused-ring (bicyclic) bond motifs is 1. The van der Waals surface area contributed by atoms with Crippen molar-refractivity contribution in [1.29, 1.82) is 0 Å². The lowest BCUT2D eigenvalue weighted by Gasteiger charge is -2.45. The van der Waals surface area contributed by atoms with E-state index in [2.05, 4.69) is 54.8 Å². The Kier molecular flexibility index (Phi) is 4.02. The molecule has 3 rings (SSSR count). The molecular weight excluding hydrogens is 244 g/mol. The number of benzene rings is 1. The Bertz CT molecular complexity index is 437. The van der Waals surface area contributed by atoms with Crippen LogP contribution in [0.15, 0.2) is 24.3 Å². The molecular formula is C18H28N2. The molecule has 0 bridgehead atoms. The van der Waals surface area contributed by atoms with Crippen LogP contribution in [0.25, 0.3) is 0 Å². The highest BCUT2D eigenvalue weighted by Gasteiger charge is 2.35. The van der Waals surface area contributed by atoms with E-state index in [0.29, 0.717) is 12.0 Å². The third kappa shape index (κ3) is 2.58. The van der Waals surface area contributed by atoms with Crippen molar-refractivity contribution >= 4 is 5.69 Å². The van der Waals surface area contributed by atoms with Gasteiger partial charge < -0.3 is 4.90 Å². The summed E-state index contributed by atoms with van der Waals surface area (Å²) in [6, 6.07) is 10.8. The van der Waals surface area contributed by atoms with Gasteiger partial charge in [0.2, 0.25) is 0 Å². The van der Waals surface area contributed by atoms with Gasteiger partial charge >= 0.3 is 0 Å². The van der Waals surface area contributed by atoms with Gasteiger partial charge in [0, 0.05) is 30.9 Å². The molecule has 2 unspecified atom stereocenters. The first-order chi connectivity index (χ1) is 9.69. The number of hydrogen-bond donors (Lipinski definition) is 0. The van der Waals surface area contributed by atoms with Gasteiger partial charge in [0.25, 0.3) is 0 Å². The van der Waals surface area contributed by atoms with E-state index in [-0.39, 0.29) is 0 Å². The van der Waals surface area contributed by atoms with Crippen molar-refractivity contribution in [3.63, 3.8) is 0 Å². The molecule has 2 aliphatic heterocycles. The van der Waals surface area contributed by atoms with Gasteiger partial charge in [0.05, 0.1) is 0 Å². The maximum atomic E-state index is 2.72. The van der Waals surface area contributed by atoms with E-state index in [9.17, 15) is 0 Å². The molecule has 0 radical (unpaired) electrons. The summed E-state index contributed by atoms with van der Waals surface area (Å²) in [7, 11) is 0. The number of piperazine rings is 1. The summed E-state index contributed by atoms with van der Waals surface area (Å²) < 4.78 is 0. The summed E-state index contributed by atoms with van der Waals surface area (Å²) in [5, 5.41) is 0. The van der Waals surface area contributed by atoms with Crippen molar-refractivity contribution in [3.8, 4) is 0 Å². The third-order valence-electron chi connectivity index (χ3n) is 5.16. The van der Waals surface area contributed by atoms with E-state index < -0.39 is 0 Å². The summed E-state index contributed by atoms with van der Waals surface area (Å²) in [5.74, 6) is 0.623. The quantitative estimate of drug-likeness (QED) is 0.824. The van der Waals surface area contributed by atoms with E-state index in [4.69, 9.17) is 0 Å². The highest BCUT2D eigenvalue weighted by Crippen LogP contribution is 2.30. The topological polar surface area (TPSA) is 6.48 Å². The van der Waals surface area contributed by atoms with Crippen LogP contribution in [0.2, 0.25) is 0 Å². The number of anilines is 1. The average Bonchev–Trinajstić information content (AvgIpc) is 2.93. The normalized spacial score (nSPS) is 27.1. The highest BCUT2D eigenvalue weighted by molar-refractivity contribution is 5.50. The van der Waals surface area contributed by atoms with Crippen LogP contribution in [-0.2, 0) is 0 Å². The summed E-state index contributed by atoms with van der Waals surface area (Å²) in [4.78, 5) is 5.38. The molecule has 110 valence electrons. The Balaban J connectivity index is 1.79. The molecule has 1 aromatic carbocycles. The molecule has 0 saturated carbocycles. The smallest absolute Gasteiger partial charge is 0.0415 e. The molecule has 0 N–H and O–H groups in total. The molecule has 20 heavy (non-hydrogen) atoms. The molecule has 2 saturated heterocycles. The van der Waals surface area contributed by atoms with Crippen molar-refractivity contribution in [2.45, 2.75) is 58.0 Å². The van der Waals surface area contributed by atoms with Crippen LogP contribution in [0.1, 0.15) is 51.5 Å². The third-order valence-corrected chi connectivity index (χ3v) is 5.16. The van der Waals surface area contributed by atoms with Gasteiger partial charge in [-0.2, -0.15) is 0 Å². The van der Waals surface area contributed by atoms with Gasteiger partial charge in [-0.25, -0.2) is 0 Å². The molecule has 2 fully saturated rings. The molecule has 0 amide bonds. The zero-order valence-corrected chi connectivity index (χ0v) is 13.2. The van der Waals surface area contributed by atoms with E-state index in [1.54, 1.807) is 0 Å². The van der Waals surface area contributed by atoms with E-state index in [1.165, 1.54) is 50.1 Å². The predicted octanol–water partition coefficient (Wildman–Crippen LogP) is 3.87. The Morgan fingerprint density at radius 2 is 1.90 bits per heavy atom. The first-order valence-corrected chi connectivity index (χ1v) is 8.29. The molecule has 2 heteroatoms. The zero-order valence-electron chi connectivity index (χ0n) is 13.2. The summed E-state index contributed by atoms with van der Waals surface area (Å²) in [6.07, 6.45) is 4.02. The second kappa shape index (κ2) is 5.77. The Morgan fingerprint density at radius 3 is 2.55 bits per heavy atom. The van der Waals surface area contributed by atoms with Crippen LogP contribution >= 0.6 is 0 Å². The standard InChI is InChI=1S/C18H28N2/c1-4-16-12-19-11-5-6-18(19)13-20(16)17-9-7-15(8-10-17)14(2)3/h7-10,14,16,18H,4-6,11-13H2,1-3H3. The van der Waals surface area contributed by atoms with Gasteiger partial charge in [0.15, 0.2) is 0 Å². The van der Waals surface area contributed by atoms with E-state index in [0.717, 1.165) is 6.04 Å². The lowest BCUT2D eigenvalue weighted by molar-refractivity contribution is 0.195. The van der Waals surface area contributed by atoms with Crippen LogP contribution in [0.3, 0.4) is 0 Å². The first kappa shape index (κ1) is 13.9. The van der Waals surface area contributed by atoms with Gasteiger partial charge in [-0.3, -0.25) is 4.90 Å². The molecule has 0 aromatic heterocycles. The molecule has 2 atom stereocenters.